The lowest BCUT2D eigenvalue weighted by atomic mass is 10.0. The van der Waals surface area contributed by atoms with Crippen LogP contribution in [0.2, 0.25) is 0 Å². The number of carbonyl (C=O) groups excluding carboxylic acids is 2. The van der Waals surface area contributed by atoms with Crippen LogP contribution in [0.3, 0.4) is 0 Å². The third kappa shape index (κ3) is 60.5. The molecule has 0 spiro atoms. The first-order valence-electron chi connectivity index (χ1n) is 31.1. The molecule has 10 heteroatoms. The van der Waals surface area contributed by atoms with Gasteiger partial charge < -0.3 is 27.9 Å². The van der Waals surface area contributed by atoms with Crippen molar-refractivity contribution in [1.29, 1.82) is 0 Å². The molecule has 0 fully saturated rings. The molecule has 0 saturated heterocycles. The zero-order chi connectivity index (χ0) is 54.9. The fraction of sp³-hybridized carbons (Fsp3) is 0.785. The summed E-state index contributed by atoms with van der Waals surface area (Å²) in [5.74, 6) is -0.836. The van der Waals surface area contributed by atoms with E-state index in [1.165, 1.54) is 154 Å². The lowest BCUT2D eigenvalue weighted by Gasteiger charge is -2.28. The number of carbonyl (C=O) groups is 2. The monoisotopic (exact) mass is 1070 g/mol. The minimum absolute atomic E-state index is 0.0317. The van der Waals surface area contributed by atoms with Gasteiger partial charge >= 0.3 is 11.9 Å². The van der Waals surface area contributed by atoms with Crippen molar-refractivity contribution < 1.29 is 42.1 Å². The Kier molecular flexibility index (Phi) is 54.3. The van der Waals surface area contributed by atoms with Crippen LogP contribution >= 0.6 is 7.82 Å². The summed E-state index contributed by atoms with van der Waals surface area (Å²) in [6.45, 7) is 4.11. The van der Waals surface area contributed by atoms with E-state index < -0.39 is 26.5 Å². The van der Waals surface area contributed by atoms with Gasteiger partial charge in [-0.15, -0.1) is 0 Å². The second kappa shape index (κ2) is 56.2. The molecule has 436 valence electrons. The Morgan fingerprint density at radius 2 is 0.760 bits per heavy atom. The summed E-state index contributed by atoms with van der Waals surface area (Å²) < 4.78 is 34.1. The van der Waals surface area contributed by atoms with E-state index in [9.17, 15) is 19.0 Å². The Labute approximate surface area is 463 Å². The Morgan fingerprint density at radius 1 is 0.427 bits per heavy atom. The van der Waals surface area contributed by atoms with Crippen LogP contribution in [0.1, 0.15) is 277 Å². The average molecular weight is 1070 g/mol. The Balaban J connectivity index is 3.89. The number of hydrogen-bond acceptors (Lipinski definition) is 8. The molecule has 0 N–H and O–H groups in total. The molecule has 75 heavy (non-hydrogen) atoms. The van der Waals surface area contributed by atoms with Gasteiger partial charge in [0.05, 0.1) is 27.7 Å². The lowest BCUT2D eigenvalue weighted by molar-refractivity contribution is -0.870. The van der Waals surface area contributed by atoms with Crippen molar-refractivity contribution in [3.05, 3.63) is 72.9 Å². The summed E-state index contributed by atoms with van der Waals surface area (Å²) in [5, 5.41) is 0. The van der Waals surface area contributed by atoms with Crippen LogP contribution in [-0.2, 0) is 32.7 Å². The second-order valence-corrected chi connectivity index (χ2v) is 23.4. The molecule has 0 aliphatic carbocycles. The van der Waals surface area contributed by atoms with Gasteiger partial charge in [-0.1, -0.05) is 254 Å². The van der Waals surface area contributed by atoms with Gasteiger partial charge in [0, 0.05) is 12.8 Å². The first-order chi connectivity index (χ1) is 36.5. The molecule has 0 heterocycles. The summed E-state index contributed by atoms with van der Waals surface area (Å²) >= 11 is 0. The molecule has 0 saturated carbocycles. The van der Waals surface area contributed by atoms with E-state index in [0.29, 0.717) is 17.4 Å². The molecule has 0 radical (unpaired) electrons. The number of nitrogens with zero attached hydrogens (tertiary/aromatic N) is 1. The van der Waals surface area contributed by atoms with Crippen LogP contribution in [-0.4, -0.2) is 70.0 Å². The number of esters is 2. The third-order valence-corrected chi connectivity index (χ3v) is 14.4. The van der Waals surface area contributed by atoms with Crippen LogP contribution in [0.15, 0.2) is 72.9 Å². The molecular weight excluding hydrogens is 954 g/mol. The van der Waals surface area contributed by atoms with Gasteiger partial charge in [0.2, 0.25) is 0 Å². The molecule has 0 rings (SSSR count). The molecule has 0 aromatic rings. The van der Waals surface area contributed by atoms with Crippen molar-refractivity contribution in [2.24, 2.45) is 0 Å². The van der Waals surface area contributed by atoms with E-state index in [4.69, 9.17) is 18.5 Å². The molecule has 2 unspecified atom stereocenters. The van der Waals surface area contributed by atoms with Gasteiger partial charge in [0.1, 0.15) is 19.8 Å². The predicted molar refractivity (Wildman–Crippen MR) is 319 cm³/mol. The third-order valence-electron chi connectivity index (χ3n) is 13.5. The van der Waals surface area contributed by atoms with Crippen LogP contribution in [0.4, 0.5) is 0 Å². The SMILES string of the molecule is CC/C=C\C/C=C\C/C=C\C/C=C\C/C=C\CCCCCCCCCCCCCCCCCCCCCCCCCC(=O)OC(COC(=O)CCCCCCC/C=C\CCCCC)COP(=O)([O-])OCC[N+](C)(C)C. The summed E-state index contributed by atoms with van der Waals surface area (Å²) in [6.07, 6.45) is 74.2. The molecular formula is C65H118NO8P. The second-order valence-electron chi connectivity index (χ2n) is 22.0. The number of ether oxygens (including phenoxy) is 2. The summed E-state index contributed by atoms with van der Waals surface area (Å²) in [6, 6.07) is 0. The summed E-state index contributed by atoms with van der Waals surface area (Å²) in [7, 11) is 1.17. The quantitative estimate of drug-likeness (QED) is 0.0195. The molecule has 0 bridgehead atoms. The zero-order valence-electron chi connectivity index (χ0n) is 49.5. The Hall–Kier alpha value is -2.55. The maximum atomic E-state index is 12.8. The summed E-state index contributed by atoms with van der Waals surface area (Å²) in [5.41, 5.74) is 0. The van der Waals surface area contributed by atoms with Crippen molar-refractivity contribution in [1.82, 2.24) is 0 Å². The maximum absolute atomic E-state index is 12.8. The van der Waals surface area contributed by atoms with Crippen LogP contribution in [0, 0.1) is 0 Å². The van der Waals surface area contributed by atoms with Crippen molar-refractivity contribution in [3.63, 3.8) is 0 Å². The van der Waals surface area contributed by atoms with Crippen molar-refractivity contribution >= 4 is 19.8 Å². The van der Waals surface area contributed by atoms with Gasteiger partial charge in [-0.25, -0.2) is 0 Å². The largest absolute Gasteiger partial charge is 0.756 e. The number of phosphoric ester groups is 1. The number of unbranched alkanes of at least 4 members (excludes halogenated alkanes) is 31. The van der Waals surface area contributed by atoms with Gasteiger partial charge in [0.15, 0.2) is 6.10 Å². The van der Waals surface area contributed by atoms with Gasteiger partial charge in [-0.3, -0.25) is 14.2 Å². The molecule has 0 aliphatic rings. The minimum atomic E-state index is -4.63. The van der Waals surface area contributed by atoms with Gasteiger partial charge in [-0.05, 0) is 83.5 Å². The molecule has 0 amide bonds. The number of allylic oxidation sites excluding steroid dienone is 12. The smallest absolute Gasteiger partial charge is 0.306 e. The first-order valence-corrected chi connectivity index (χ1v) is 32.6. The lowest BCUT2D eigenvalue weighted by Crippen LogP contribution is -2.37. The first kappa shape index (κ1) is 72.5. The standard InChI is InChI=1S/C65H118NO8P/c1-6-8-10-12-14-16-18-20-21-22-23-24-25-26-27-28-29-30-31-32-33-34-35-36-37-38-39-40-41-42-43-44-45-46-48-50-52-54-56-58-65(68)74-63(62-73-75(69,70)72-60-59-66(3,4)5)61-71-64(67)57-55-53-51-49-47-19-17-15-13-11-9-7-2/h8,10,14-17,20-21,23-24,26-27,63H,6-7,9,11-13,18-19,22,25,28-62H2,1-5H3/b10-8-,16-14-,17-15-,21-20-,24-23-,27-26-. The molecule has 2 atom stereocenters. The summed E-state index contributed by atoms with van der Waals surface area (Å²) in [4.78, 5) is 37.8. The number of quaternary nitrogens is 1. The molecule has 9 nitrogen and oxygen atoms in total. The molecule has 0 aromatic carbocycles. The van der Waals surface area contributed by atoms with Crippen LogP contribution in [0.5, 0.6) is 0 Å². The normalized spacial score (nSPS) is 13.7. The van der Waals surface area contributed by atoms with E-state index in [-0.39, 0.29) is 32.0 Å². The average Bonchev–Trinajstić information content (AvgIpc) is 3.37. The number of phosphoric acid groups is 1. The number of hydrogen-bond donors (Lipinski definition) is 0. The fourth-order valence-electron chi connectivity index (χ4n) is 8.68. The highest BCUT2D eigenvalue weighted by Crippen LogP contribution is 2.38. The Bertz CT molecular complexity index is 1500. The van der Waals surface area contributed by atoms with E-state index in [2.05, 4.69) is 86.8 Å². The van der Waals surface area contributed by atoms with E-state index in [0.717, 1.165) is 89.9 Å². The zero-order valence-corrected chi connectivity index (χ0v) is 50.4. The maximum Gasteiger partial charge on any atom is 0.306 e. The highest BCUT2D eigenvalue weighted by Gasteiger charge is 2.22. The number of rotatable bonds is 57. The van der Waals surface area contributed by atoms with E-state index in [1.807, 2.05) is 21.1 Å². The molecule has 0 aromatic heterocycles. The van der Waals surface area contributed by atoms with E-state index >= 15 is 0 Å². The van der Waals surface area contributed by atoms with Gasteiger partial charge in [0.25, 0.3) is 7.82 Å². The van der Waals surface area contributed by atoms with Crippen LogP contribution in [0.25, 0.3) is 0 Å². The Morgan fingerprint density at radius 3 is 1.15 bits per heavy atom. The van der Waals surface area contributed by atoms with Gasteiger partial charge in [-0.2, -0.15) is 0 Å². The fourth-order valence-corrected chi connectivity index (χ4v) is 9.41. The van der Waals surface area contributed by atoms with E-state index in [1.54, 1.807) is 0 Å². The van der Waals surface area contributed by atoms with Crippen molar-refractivity contribution in [2.75, 3.05) is 47.5 Å². The topological polar surface area (TPSA) is 111 Å². The highest BCUT2D eigenvalue weighted by molar-refractivity contribution is 7.45. The highest BCUT2D eigenvalue weighted by atomic mass is 31.2. The van der Waals surface area contributed by atoms with Crippen molar-refractivity contribution in [2.45, 2.75) is 283 Å². The number of likely N-dealkylation sites (N-methyl/N-ethyl adjacent to an activating group) is 1. The predicted octanol–water partition coefficient (Wildman–Crippen LogP) is 19.0. The molecule has 0 aliphatic heterocycles. The van der Waals surface area contributed by atoms with Crippen molar-refractivity contribution in [3.8, 4) is 0 Å². The minimum Gasteiger partial charge on any atom is -0.756 e. The van der Waals surface area contributed by atoms with Crippen LogP contribution < -0.4 is 4.89 Å².